The molecule has 0 unspecified atom stereocenters. The van der Waals surface area contributed by atoms with Crippen LogP contribution in [0.4, 0.5) is 0 Å². The number of carbonyl (C=O) groups is 2. The first-order valence-electron chi connectivity index (χ1n) is 7.79. The van der Waals surface area contributed by atoms with E-state index < -0.39 is 0 Å². The molecule has 5 heteroatoms. The molecule has 1 aliphatic rings. The third-order valence-corrected chi connectivity index (χ3v) is 3.59. The number of hydrogen-bond acceptors (Lipinski definition) is 3. The SMILES string of the molecule is CCC(=O)N1CCN(CCCNC(=O)CC(C)C)CC1. The third kappa shape index (κ3) is 6.37. The minimum atomic E-state index is 0.151. The van der Waals surface area contributed by atoms with Crippen LogP contribution in [0.15, 0.2) is 0 Å². The van der Waals surface area contributed by atoms with Crippen molar-refractivity contribution in [2.45, 2.75) is 40.0 Å². The first-order chi connectivity index (χ1) is 9.52. The van der Waals surface area contributed by atoms with Crippen molar-refractivity contribution in [1.29, 1.82) is 0 Å². The highest BCUT2D eigenvalue weighted by Gasteiger charge is 2.19. The van der Waals surface area contributed by atoms with Gasteiger partial charge in [-0.05, 0) is 18.9 Å². The van der Waals surface area contributed by atoms with Crippen molar-refractivity contribution in [3.63, 3.8) is 0 Å². The van der Waals surface area contributed by atoms with Gasteiger partial charge in [-0.15, -0.1) is 0 Å². The maximum Gasteiger partial charge on any atom is 0.222 e. The van der Waals surface area contributed by atoms with Gasteiger partial charge in [0, 0.05) is 45.6 Å². The second-order valence-corrected chi connectivity index (χ2v) is 5.88. The predicted octanol–water partition coefficient (Wildman–Crippen LogP) is 1.09. The molecule has 0 radical (unpaired) electrons. The summed E-state index contributed by atoms with van der Waals surface area (Å²) in [5.41, 5.74) is 0. The van der Waals surface area contributed by atoms with Crippen molar-refractivity contribution in [1.82, 2.24) is 15.1 Å². The monoisotopic (exact) mass is 283 g/mol. The standard InChI is InChI=1S/C15H29N3O2/c1-4-15(20)18-10-8-17(9-11-18)7-5-6-16-14(19)12-13(2)3/h13H,4-12H2,1-3H3,(H,16,19). The molecule has 5 nitrogen and oxygen atoms in total. The van der Waals surface area contributed by atoms with E-state index in [0.717, 1.165) is 45.7 Å². The highest BCUT2D eigenvalue weighted by molar-refractivity contribution is 5.76. The summed E-state index contributed by atoms with van der Waals surface area (Å²) in [6, 6.07) is 0. The Kier molecular flexibility index (Phi) is 7.59. The molecular weight excluding hydrogens is 254 g/mol. The topological polar surface area (TPSA) is 52.7 Å². The van der Waals surface area contributed by atoms with E-state index in [1.54, 1.807) is 0 Å². The summed E-state index contributed by atoms with van der Waals surface area (Å²) in [4.78, 5) is 27.4. The molecule has 0 aliphatic carbocycles. The summed E-state index contributed by atoms with van der Waals surface area (Å²) < 4.78 is 0. The second kappa shape index (κ2) is 8.95. The zero-order chi connectivity index (χ0) is 15.0. The van der Waals surface area contributed by atoms with Crippen LogP contribution in [-0.4, -0.2) is 60.9 Å². The molecule has 0 aromatic rings. The summed E-state index contributed by atoms with van der Waals surface area (Å²) in [5, 5.41) is 2.96. The van der Waals surface area contributed by atoms with Crippen LogP contribution < -0.4 is 5.32 Å². The van der Waals surface area contributed by atoms with Gasteiger partial charge in [-0.3, -0.25) is 14.5 Å². The number of rotatable bonds is 7. The van der Waals surface area contributed by atoms with E-state index in [9.17, 15) is 9.59 Å². The number of nitrogens with zero attached hydrogens (tertiary/aromatic N) is 2. The zero-order valence-electron chi connectivity index (χ0n) is 13.2. The summed E-state index contributed by atoms with van der Waals surface area (Å²) in [7, 11) is 0. The molecule has 0 saturated carbocycles. The summed E-state index contributed by atoms with van der Waals surface area (Å²) in [6.45, 7) is 11.3. The van der Waals surface area contributed by atoms with E-state index in [1.807, 2.05) is 11.8 Å². The Morgan fingerprint density at radius 3 is 2.35 bits per heavy atom. The largest absolute Gasteiger partial charge is 0.356 e. The molecule has 116 valence electrons. The van der Waals surface area contributed by atoms with Gasteiger partial charge in [0.05, 0.1) is 0 Å². The fraction of sp³-hybridized carbons (Fsp3) is 0.867. The molecular formula is C15H29N3O2. The smallest absolute Gasteiger partial charge is 0.222 e. The van der Waals surface area contributed by atoms with Crippen LogP contribution in [0.5, 0.6) is 0 Å². The fourth-order valence-electron chi connectivity index (χ4n) is 2.42. The first kappa shape index (κ1) is 17.0. The maximum atomic E-state index is 11.6. The van der Waals surface area contributed by atoms with Crippen molar-refractivity contribution in [3.05, 3.63) is 0 Å². The Morgan fingerprint density at radius 1 is 1.15 bits per heavy atom. The molecule has 0 spiro atoms. The number of amides is 2. The summed E-state index contributed by atoms with van der Waals surface area (Å²) in [6.07, 6.45) is 2.19. The zero-order valence-corrected chi connectivity index (χ0v) is 13.2. The van der Waals surface area contributed by atoms with Crippen LogP contribution in [0.1, 0.15) is 40.0 Å². The molecule has 0 aromatic carbocycles. The normalized spacial score (nSPS) is 16.5. The van der Waals surface area contributed by atoms with Gasteiger partial charge < -0.3 is 10.2 Å². The molecule has 2 amide bonds. The Morgan fingerprint density at radius 2 is 1.80 bits per heavy atom. The summed E-state index contributed by atoms with van der Waals surface area (Å²) in [5.74, 6) is 0.822. The molecule has 1 N–H and O–H groups in total. The molecule has 1 fully saturated rings. The van der Waals surface area contributed by atoms with E-state index in [4.69, 9.17) is 0 Å². The average molecular weight is 283 g/mol. The highest BCUT2D eigenvalue weighted by Crippen LogP contribution is 2.04. The second-order valence-electron chi connectivity index (χ2n) is 5.88. The molecule has 0 bridgehead atoms. The van der Waals surface area contributed by atoms with E-state index in [2.05, 4.69) is 24.1 Å². The lowest BCUT2D eigenvalue weighted by atomic mass is 10.1. The lowest BCUT2D eigenvalue weighted by Crippen LogP contribution is -2.49. The van der Waals surface area contributed by atoms with Crippen LogP contribution in [0.25, 0.3) is 0 Å². The number of carbonyl (C=O) groups excluding carboxylic acids is 2. The van der Waals surface area contributed by atoms with Gasteiger partial charge in [-0.25, -0.2) is 0 Å². The van der Waals surface area contributed by atoms with E-state index in [1.165, 1.54) is 0 Å². The van der Waals surface area contributed by atoms with Gasteiger partial charge in [0.1, 0.15) is 0 Å². The van der Waals surface area contributed by atoms with Crippen LogP contribution in [-0.2, 0) is 9.59 Å². The van der Waals surface area contributed by atoms with Gasteiger partial charge in [-0.1, -0.05) is 20.8 Å². The Labute approximate surface area is 122 Å². The number of nitrogens with one attached hydrogen (secondary N) is 1. The van der Waals surface area contributed by atoms with Crippen LogP contribution >= 0.6 is 0 Å². The molecule has 0 atom stereocenters. The Bertz CT molecular complexity index is 310. The van der Waals surface area contributed by atoms with Crippen molar-refractivity contribution in [3.8, 4) is 0 Å². The van der Waals surface area contributed by atoms with Gasteiger partial charge in [0.2, 0.25) is 11.8 Å². The minimum Gasteiger partial charge on any atom is -0.356 e. The Balaban J connectivity index is 2.07. The maximum absolute atomic E-state index is 11.6. The van der Waals surface area contributed by atoms with E-state index in [0.29, 0.717) is 18.8 Å². The average Bonchev–Trinajstić information content (AvgIpc) is 2.42. The van der Waals surface area contributed by atoms with Crippen molar-refractivity contribution < 1.29 is 9.59 Å². The van der Waals surface area contributed by atoms with Crippen LogP contribution in [0.2, 0.25) is 0 Å². The van der Waals surface area contributed by atoms with Crippen molar-refractivity contribution >= 4 is 11.8 Å². The van der Waals surface area contributed by atoms with E-state index >= 15 is 0 Å². The van der Waals surface area contributed by atoms with Gasteiger partial charge >= 0.3 is 0 Å². The predicted molar refractivity (Wildman–Crippen MR) is 80.4 cm³/mol. The quantitative estimate of drug-likeness (QED) is 0.712. The lowest BCUT2D eigenvalue weighted by Gasteiger charge is -2.34. The number of piperazine rings is 1. The summed E-state index contributed by atoms with van der Waals surface area (Å²) >= 11 is 0. The minimum absolute atomic E-state index is 0.151. The van der Waals surface area contributed by atoms with Crippen LogP contribution in [0, 0.1) is 5.92 Å². The molecule has 20 heavy (non-hydrogen) atoms. The molecule has 0 aromatic heterocycles. The van der Waals surface area contributed by atoms with Gasteiger partial charge in [-0.2, -0.15) is 0 Å². The van der Waals surface area contributed by atoms with Crippen LogP contribution in [0.3, 0.4) is 0 Å². The fourth-order valence-corrected chi connectivity index (χ4v) is 2.42. The molecule has 1 rings (SSSR count). The van der Waals surface area contributed by atoms with Crippen molar-refractivity contribution in [2.24, 2.45) is 5.92 Å². The Hall–Kier alpha value is -1.10. The van der Waals surface area contributed by atoms with E-state index in [-0.39, 0.29) is 11.8 Å². The molecule has 1 aliphatic heterocycles. The molecule has 1 heterocycles. The molecule has 1 saturated heterocycles. The van der Waals surface area contributed by atoms with Gasteiger partial charge in [0.25, 0.3) is 0 Å². The van der Waals surface area contributed by atoms with Gasteiger partial charge in [0.15, 0.2) is 0 Å². The third-order valence-electron chi connectivity index (χ3n) is 3.59. The number of hydrogen-bond donors (Lipinski definition) is 1. The lowest BCUT2D eigenvalue weighted by molar-refractivity contribution is -0.132. The first-order valence-corrected chi connectivity index (χ1v) is 7.79. The highest BCUT2D eigenvalue weighted by atomic mass is 16.2. The van der Waals surface area contributed by atoms with Crippen molar-refractivity contribution in [2.75, 3.05) is 39.3 Å².